The molecule has 1 heterocycles. The van der Waals surface area contributed by atoms with Crippen LogP contribution in [0.5, 0.6) is 0 Å². The maximum Gasteiger partial charge on any atom is 0.222 e. The summed E-state index contributed by atoms with van der Waals surface area (Å²) in [5.74, 6) is 0.219. The summed E-state index contributed by atoms with van der Waals surface area (Å²) < 4.78 is 0. The molecule has 3 nitrogen and oxygen atoms in total. The van der Waals surface area contributed by atoms with E-state index in [0.29, 0.717) is 13.0 Å². The van der Waals surface area contributed by atoms with E-state index < -0.39 is 5.60 Å². The minimum atomic E-state index is -0.669. The van der Waals surface area contributed by atoms with Crippen molar-refractivity contribution in [1.29, 1.82) is 0 Å². The summed E-state index contributed by atoms with van der Waals surface area (Å²) in [5.41, 5.74) is -0.669. The summed E-state index contributed by atoms with van der Waals surface area (Å²) in [5, 5.41) is 9.91. The summed E-state index contributed by atoms with van der Waals surface area (Å²) in [7, 11) is 0. The van der Waals surface area contributed by atoms with Crippen molar-refractivity contribution in [2.45, 2.75) is 64.4 Å². The molecule has 1 aliphatic heterocycles. The molecule has 3 heteroatoms. The number of nitrogens with zero attached hydrogens (tertiary/aromatic N) is 1. The molecule has 0 aromatic heterocycles. The van der Waals surface area contributed by atoms with Crippen LogP contribution in [0.15, 0.2) is 0 Å². The van der Waals surface area contributed by atoms with Crippen molar-refractivity contribution in [3.63, 3.8) is 0 Å². The topological polar surface area (TPSA) is 40.5 Å². The van der Waals surface area contributed by atoms with Gasteiger partial charge in [-0.15, -0.1) is 0 Å². The van der Waals surface area contributed by atoms with Crippen LogP contribution in [-0.4, -0.2) is 34.6 Å². The molecule has 1 rings (SSSR count). The van der Waals surface area contributed by atoms with Gasteiger partial charge >= 0.3 is 0 Å². The van der Waals surface area contributed by atoms with Crippen molar-refractivity contribution in [1.82, 2.24) is 4.90 Å². The summed E-state index contributed by atoms with van der Waals surface area (Å²) in [6, 6.07) is 0. The highest BCUT2D eigenvalue weighted by molar-refractivity contribution is 5.76. The highest BCUT2D eigenvalue weighted by Crippen LogP contribution is 2.21. The van der Waals surface area contributed by atoms with Gasteiger partial charge in [0.1, 0.15) is 0 Å². The van der Waals surface area contributed by atoms with Crippen molar-refractivity contribution in [3.05, 3.63) is 0 Å². The molecule has 1 N–H and O–H groups in total. The van der Waals surface area contributed by atoms with Gasteiger partial charge in [0.25, 0.3) is 0 Å². The fourth-order valence-electron chi connectivity index (χ4n) is 2.29. The molecule has 1 unspecified atom stereocenters. The van der Waals surface area contributed by atoms with E-state index in [-0.39, 0.29) is 5.91 Å². The van der Waals surface area contributed by atoms with Gasteiger partial charge < -0.3 is 10.0 Å². The first kappa shape index (κ1) is 13.5. The highest BCUT2D eigenvalue weighted by atomic mass is 16.3. The zero-order valence-corrected chi connectivity index (χ0v) is 10.7. The maximum atomic E-state index is 11.9. The Hall–Kier alpha value is -0.570. The first-order chi connectivity index (χ1) is 7.55. The van der Waals surface area contributed by atoms with Crippen molar-refractivity contribution >= 4 is 5.91 Å². The fourth-order valence-corrected chi connectivity index (χ4v) is 2.29. The molecule has 1 saturated heterocycles. The minimum Gasteiger partial charge on any atom is -0.388 e. The SMILES string of the molecule is CCCCCCC(=O)N1CCCC(C)(O)C1. The lowest BCUT2D eigenvalue weighted by molar-refractivity contribution is -0.137. The standard InChI is InChI=1S/C13H25NO2/c1-3-4-5-6-8-12(15)14-10-7-9-13(2,16)11-14/h16H,3-11H2,1-2H3. The number of piperidine rings is 1. The van der Waals surface area contributed by atoms with Gasteiger partial charge in [0.05, 0.1) is 5.60 Å². The molecule has 0 aromatic rings. The highest BCUT2D eigenvalue weighted by Gasteiger charge is 2.30. The molecule has 1 atom stereocenters. The molecule has 0 bridgehead atoms. The van der Waals surface area contributed by atoms with Crippen LogP contribution < -0.4 is 0 Å². The molecule has 1 aliphatic rings. The van der Waals surface area contributed by atoms with Crippen molar-refractivity contribution in [3.8, 4) is 0 Å². The Morgan fingerprint density at radius 1 is 1.38 bits per heavy atom. The third-order valence-corrected chi connectivity index (χ3v) is 3.27. The summed E-state index contributed by atoms with van der Waals surface area (Å²) in [4.78, 5) is 13.7. The Labute approximate surface area is 98.8 Å². The predicted molar refractivity (Wildman–Crippen MR) is 65.2 cm³/mol. The quantitative estimate of drug-likeness (QED) is 0.732. The third kappa shape index (κ3) is 4.52. The van der Waals surface area contributed by atoms with Gasteiger partial charge in [0.2, 0.25) is 5.91 Å². The number of hydrogen-bond donors (Lipinski definition) is 1. The Morgan fingerprint density at radius 3 is 2.75 bits per heavy atom. The van der Waals surface area contributed by atoms with Crippen LogP contribution in [-0.2, 0) is 4.79 Å². The van der Waals surface area contributed by atoms with E-state index in [1.54, 1.807) is 0 Å². The van der Waals surface area contributed by atoms with Crippen LogP contribution >= 0.6 is 0 Å². The second-order valence-corrected chi connectivity index (χ2v) is 5.23. The van der Waals surface area contributed by atoms with E-state index in [1.165, 1.54) is 12.8 Å². The van der Waals surface area contributed by atoms with Crippen LogP contribution in [0.25, 0.3) is 0 Å². The van der Waals surface area contributed by atoms with E-state index in [4.69, 9.17) is 0 Å². The van der Waals surface area contributed by atoms with Gasteiger partial charge in [0, 0.05) is 19.5 Å². The lowest BCUT2D eigenvalue weighted by Crippen LogP contribution is -2.48. The van der Waals surface area contributed by atoms with Gasteiger partial charge in [-0.1, -0.05) is 26.2 Å². The van der Waals surface area contributed by atoms with E-state index in [2.05, 4.69) is 6.92 Å². The normalized spacial score (nSPS) is 25.8. The average Bonchev–Trinajstić information content (AvgIpc) is 2.22. The second-order valence-electron chi connectivity index (χ2n) is 5.23. The zero-order valence-electron chi connectivity index (χ0n) is 10.7. The summed E-state index contributed by atoms with van der Waals surface area (Å²) in [6.07, 6.45) is 6.94. The molecule has 1 amide bonds. The number of unbranched alkanes of at least 4 members (excludes halogenated alkanes) is 3. The zero-order chi connectivity index (χ0) is 12.0. The molecule has 0 radical (unpaired) electrons. The Bertz CT molecular complexity index is 226. The van der Waals surface area contributed by atoms with Gasteiger partial charge in [-0.05, 0) is 26.2 Å². The predicted octanol–water partition coefficient (Wildman–Crippen LogP) is 2.33. The molecule has 0 spiro atoms. The molecule has 94 valence electrons. The van der Waals surface area contributed by atoms with E-state index in [0.717, 1.165) is 32.2 Å². The summed E-state index contributed by atoms with van der Waals surface area (Å²) in [6.45, 7) is 5.33. The van der Waals surface area contributed by atoms with Crippen LogP contribution in [0.2, 0.25) is 0 Å². The number of carbonyl (C=O) groups is 1. The Morgan fingerprint density at radius 2 is 2.12 bits per heavy atom. The van der Waals surface area contributed by atoms with E-state index in [1.807, 2.05) is 11.8 Å². The molecule has 0 saturated carbocycles. The smallest absolute Gasteiger partial charge is 0.222 e. The number of amides is 1. The third-order valence-electron chi connectivity index (χ3n) is 3.27. The van der Waals surface area contributed by atoms with Crippen LogP contribution in [0.3, 0.4) is 0 Å². The monoisotopic (exact) mass is 227 g/mol. The first-order valence-corrected chi connectivity index (χ1v) is 6.55. The van der Waals surface area contributed by atoms with E-state index in [9.17, 15) is 9.90 Å². The molecular weight excluding hydrogens is 202 g/mol. The van der Waals surface area contributed by atoms with Crippen molar-refractivity contribution in [2.24, 2.45) is 0 Å². The number of rotatable bonds is 5. The number of carbonyl (C=O) groups excluding carboxylic acids is 1. The lowest BCUT2D eigenvalue weighted by atomic mass is 9.95. The summed E-state index contributed by atoms with van der Waals surface area (Å²) >= 11 is 0. The van der Waals surface area contributed by atoms with Crippen LogP contribution in [0.4, 0.5) is 0 Å². The largest absolute Gasteiger partial charge is 0.388 e. The number of aliphatic hydroxyl groups is 1. The number of likely N-dealkylation sites (tertiary alicyclic amines) is 1. The Balaban J connectivity index is 2.25. The number of hydrogen-bond acceptors (Lipinski definition) is 2. The van der Waals surface area contributed by atoms with Crippen LogP contribution in [0.1, 0.15) is 58.8 Å². The Kier molecular flexibility index (Phi) is 5.26. The molecule has 0 aromatic carbocycles. The molecule has 0 aliphatic carbocycles. The van der Waals surface area contributed by atoms with Crippen LogP contribution in [0, 0.1) is 0 Å². The lowest BCUT2D eigenvalue weighted by Gasteiger charge is -2.36. The van der Waals surface area contributed by atoms with Gasteiger partial charge in [0.15, 0.2) is 0 Å². The molecule has 1 fully saturated rings. The maximum absolute atomic E-state index is 11.9. The molecular formula is C13H25NO2. The van der Waals surface area contributed by atoms with Crippen molar-refractivity contribution < 1.29 is 9.90 Å². The second kappa shape index (κ2) is 6.24. The minimum absolute atomic E-state index is 0.219. The number of β-amino-alcohol motifs (C(OH)–C–C–N with tert-alkyl or cyclic N) is 1. The average molecular weight is 227 g/mol. The fraction of sp³-hybridized carbons (Fsp3) is 0.923. The molecule has 16 heavy (non-hydrogen) atoms. The van der Waals surface area contributed by atoms with Gasteiger partial charge in [-0.2, -0.15) is 0 Å². The van der Waals surface area contributed by atoms with Gasteiger partial charge in [-0.25, -0.2) is 0 Å². The van der Waals surface area contributed by atoms with E-state index >= 15 is 0 Å². The van der Waals surface area contributed by atoms with Gasteiger partial charge in [-0.3, -0.25) is 4.79 Å². The first-order valence-electron chi connectivity index (χ1n) is 6.55. The van der Waals surface area contributed by atoms with Crippen molar-refractivity contribution in [2.75, 3.05) is 13.1 Å².